The summed E-state index contributed by atoms with van der Waals surface area (Å²) < 4.78 is 0. The van der Waals surface area contributed by atoms with Gasteiger partial charge in [0.15, 0.2) is 5.11 Å². The molecule has 0 spiro atoms. The lowest BCUT2D eigenvalue weighted by Crippen LogP contribution is -2.71. The summed E-state index contributed by atoms with van der Waals surface area (Å²) in [5, 5.41) is 37.9. The van der Waals surface area contributed by atoms with Gasteiger partial charge in [-0.1, -0.05) is 0 Å². The number of hydrogen-bond acceptors (Lipinski definition) is 7. The number of aliphatic hydroxyl groups is 4. The lowest BCUT2D eigenvalue weighted by atomic mass is 10.0. The Morgan fingerprint density at radius 1 is 1.06 bits per heavy atom. The van der Waals surface area contributed by atoms with Crippen molar-refractivity contribution in [2.24, 2.45) is 0 Å². The molecule has 1 aliphatic heterocycles. The molecule has 94 valence electrons. The van der Waals surface area contributed by atoms with E-state index in [0.717, 1.165) is 0 Å². The third kappa shape index (κ3) is 3.22. The molecule has 0 aromatic rings. The van der Waals surface area contributed by atoms with Crippen molar-refractivity contribution in [2.75, 3.05) is 0 Å². The van der Waals surface area contributed by atoms with E-state index in [1.54, 1.807) is 0 Å². The summed E-state index contributed by atoms with van der Waals surface area (Å²) in [5.41, 5.74) is 10.2. The average molecular weight is 252 g/mol. The topological polar surface area (TPSA) is 129 Å². The summed E-state index contributed by atoms with van der Waals surface area (Å²) in [7, 11) is 0. The quantitative estimate of drug-likeness (QED) is 0.238. The van der Waals surface area contributed by atoms with Crippen molar-refractivity contribution in [1.82, 2.24) is 21.7 Å². The highest BCUT2D eigenvalue weighted by Crippen LogP contribution is 2.07. The van der Waals surface area contributed by atoms with Gasteiger partial charge in [0.1, 0.15) is 24.5 Å². The fraction of sp³-hybridized carbons (Fsp3) is 0.857. The van der Waals surface area contributed by atoms with Crippen LogP contribution in [0.5, 0.6) is 0 Å². The summed E-state index contributed by atoms with van der Waals surface area (Å²) in [6.45, 7) is 1.31. The SMILES string of the molecule is C[C@@H](O)[C@@H](O)[C@H](O)[C@H](O)C1NNC(=S)NN1. The van der Waals surface area contributed by atoms with Crippen LogP contribution in [-0.2, 0) is 0 Å². The van der Waals surface area contributed by atoms with E-state index in [1.807, 2.05) is 0 Å². The van der Waals surface area contributed by atoms with Crippen molar-refractivity contribution in [2.45, 2.75) is 37.5 Å². The molecule has 0 saturated carbocycles. The first kappa shape index (κ1) is 13.5. The molecule has 0 bridgehead atoms. The maximum Gasteiger partial charge on any atom is 0.195 e. The van der Waals surface area contributed by atoms with Gasteiger partial charge < -0.3 is 20.4 Å². The zero-order valence-corrected chi connectivity index (χ0v) is 9.40. The molecule has 1 saturated heterocycles. The van der Waals surface area contributed by atoms with Crippen molar-refractivity contribution < 1.29 is 20.4 Å². The fourth-order valence-electron chi connectivity index (χ4n) is 1.21. The maximum atomic E-state index is 9.68. The second-order valence-electron chi connectivity index (χ2n) is 3.56. The smallest absolute Gasteiger partial charge is 0.195 e. The second kappa shape index (κ2) is 5.68. The van der Waals surface area contributed by atoms with Crippen LogP contribution in [0.1, 0.15) is 6.92 Å². The van der Waals surface area contributed by atoms with E-state index in [-0.39, 0.29) is 5.11 Å². The first-order chi connectivity index (χ1) is 7.43. The van der Waals surface area contributed by atoms with Gasteiger partial charge >= 0.3 is 0 Å². The molecule has 0 aliphatic carbocycles. The molecule has 9 heteroatoms. The largest absolute Gasteiger partial charge is 0.391 e. The molecule has 0 aromatic carbocycles. The van der Waals surface area contributed by atoms with Crippen molar-refractivity contribution in [1.29, 1.82) is 0 Å². The first-order valence-electron chi connectivity index (χ1n) is 4.72. The number of aliphatic hydroxyl groups excluding tert-OH is 4. The lowest BCUT2D eigenvalue weighted by molar-refractivity contribution is -0.113. The number of thiocarbonyl (C=S) groups is 1. The standard InChI is InChI=1S/C7H16N4O4S/c1-2(12)3(13)4(14)5(15)6-8-10-7(16)11-9-6/h2-6,8-9,12-15H,1H3,(H2,10,11,16)/t2-,3-,4+,5+/m1/s1. The van der Waals surface area contributed by atoms with E-state index < -0.39 is 30.6 Å². The van der Waals surface area contributed by atoms with Gasteiger partial charge in [-0.3, -0.25) is 10.9 Å². The number of hydrogen-bond donors (Lipinski definition) is 8. The highest BCUT2D eigenvalue weighted by Gasteiger charge is 2.34. The van der Waals surface area contributed by atoms with Gasteiger partial charge in [-0.15, -0.1) is 0 Å². The molecule has 4 atom stereocenters. The fourth-order valence-corrected chi connectivity index (χ4v) is 1.33. The Bertz CT molecular complexity index is 245. The van der Waals surface area contributed by atoms with Crippen LogP contribution in [0.3, 0.4) is 0 Å². The molecular formula is C7H16N4O4S. The highest BCUT2D eigenvalue weighted by molar-refractivity contribution is 7.80. The maximum absolute atomic E-state index is 9.68. The molecule has 1 aliphatic rings. The predicted molar refractivity (Wildman–Crippen MR) is 58.6 cm³/mol. The van der Waals surface area contributed by atoms with Crippen LogP contribution in [0.25, 0.3) is 0 Å². The zero-order chi connectivity index (χ0) is 12.3. The monoisotopic (exact) mass is 252 g/mol. The van der Waals surface area contributed by atoms with Gasteiger partial charge in [0.05, 0.1) is 6.10 Å². The molecular weight excluding hydrogens is 236 g/mol. The minimum atomic E-state index is -1.50. The van der Waals surface area contributed by atoms with Crippen molar-refractivity contribution >= 4 is 17.3 Å². The Morgan fingerprint density at radius 2 is 1.56 bits per heavy atom. The molecule has 8 nitrogen and oxygen atoms in total. The van der Waals surface area contributed by atoms with Crippen molar-refractivity contribution in [3.8, 4) is 0 Å². The normalized spacial score (nSPS) is 25.2. The Kier molecular flexibility index (Phi) is 4.80. The van der Waals surface area contributed by atoms with Crippen LogP contribution < -0.4 is 21.7 Å². The van der Waals surface area contributed by atoms with Crippen LogP contribution in [0.2, 0.25) is 0 Å². The van der Waals surface area contributed by atoms with E-state index in [4.69, 9.17) is 17.3 Å². The Hall–Kier alpha value is -0.550. The highest BCUT2D eigenvalue weighted by atomic mass is 32.1. The van der Waals surface area contributed by atoms with Crippen LogP contribution in [0, 0.1) is 0 Å². The van der Waals surface area contributed by atoms with E-state index in [0.29, 0.717) is 0 Å². The van der Waals surface area contributed by atoms with E-state index in [9.17, 15) is 15.3 Å². The molecule has 1 fully saturated rings. The summed E-state index contributed by atoms with van der Waals surface area (Å²) in [6.07, 6.45) is -6.19. The lowest BCUT2D eigenvalue weighted by Gasteiger charge is -2.34. The predicted octanol–water partition coefficient (Wildman–Crippen LogP) is -3.74. The summed E-state index contributed by atoms with van der Waals surface area (Å²) in [5.74, 6) is 0. The molecule has 0 unspecified atom stereocenters. The minimum Gasteiger partial charge on any atom is -0.391 e. The van der Waals surface area contributed by atoms with Gasteiger partial charge in [-0.05, 0) is 19.1 Å². The van der Waals surface area contributed by atoms with Gasteiger partial charge in [-0.2, -0.15) is 0 Å². The van der Waals surface area contributed by atoms with Crippen LogP contribution >= 0.6 is 12.2 Å². The van der Waals surface area contributed by atoms with Gasteiger partial charge in [0.2, 0.25) is 0 Å². The molecule has 0 radical (unpaired) electrons. The zero-order valence-electron chi connectivity index (χ0n) is 8.58. The van der Waals surface area contributed by atoms with Crippen molar-refractivity contribution in [3.05, 3.63) is 0 Å². The van der Waals surface area contributed by atoms with E-state index in [2.05, 4.69) is 21.7 Å². The Labute approximate surface area is 97.6 Å². The molecule has 0 aromatic heterocycles. The molecule has 8 N–H and O–H groups in total. The first-order valence-corrected chi connectivity index (χ1v) is 5.13. The molecule has 1 heterocycles. The number of rotatable bonds is 4. The van der Waals surface area contributed by atoms with Gasteiger partial charge in [-0.25, -0.2) is 10.9 Å². The minimum absolute atomic E-state index is 0.286. The average Bonchev–Trinajstić information content (AvgIpc) is 2.27. The number of nitrogens with one attached hydrogen (secondary N) is 4. The third-order valence-corrected chi connectivity index (χ3v) is 2.42. The van der Waals surface area contributed by atoms with Crippen LogP contribution in [0.15, 0.2) is 0 Å². The van der Waals surface area contributed by atoms with Gasteiger partial charge in [0, 0.05) is 0 Å². The molecule has 0 amide bonds. The van der Waals surface area contributed by atoms with Crippen LogP contribution in [-0.4, -0.2) is 56.1 Å². The Morgan fingerprint density at radius 3 is 2.00 bits per heavy atom. The van der Waals surface area contributed by atoms with E-state index >= 15 is 0 Å². The Balaban J connectivity index is 2.50. The molecule has 16 heavy (non-hydrogen) atoms. The third-order valence-electron chi connectivity index (χ3n) is 2.22. The second-order valence-corrected chi connectivity index (χ2v) is 3.97. The van der Waals surface area contributed by atoms with Crippen molar-refractivity contribution in [3.63, 3.8) is 0 Å². The van der Waals surface area contributed by atoms with Crippen LogP contribution in [0.4, 0.5) is 0 Å². The van der Waals surface area contributed by atoms with Gasteiger partial charge in [0.25, 0.3) is 0 Å². The molecule has 1 rings (SSSR count). The summed E-state index contributed by atoms with van der Waals surface area (Å²) >= 11 is 4.72. The summed E-state index contributed by atoms with van der Waals surface area (Å²) in [4.78, 5) is 0. The summed E-state index contributed by atoms with van der Waals surface area (Å²) in [6, 6.07) is 0. The number of hydrazine groups is 2. The van der Waals surface area contributed by atoms with E-state index in [1.165, 1.54) is 6.92 Å².